The second-order valence-corrected chi connectivity index (χ2v) is 9.38. The van der Waals surface area contributed by atoms with Gasteiger partial charge in [-0.3, -0.25) is 0 Å². The summed E-state index contributed by atoms with van der Waals surface area (Å²) in [7, 11) is 0. The van der Waals surface area contributed by atoms with Crippen molar-refractivity contribution < 1.29 is 17.9 Å². The van der Waals surface area contributed by atoms with Crippen molar-refractivity contribution in [1.29, 1.82) is 5.26 Å². The molecule has 38 heavy (non-hydrogen) atoms. The molecule has 1 unspecified atom stereocenters. The van der Waals surface area contributed by atoms with E-state index in [0.29, 0.717) is 62.7 Å². The zero-order valence-electron chi connectivity index (χ0n) is 20.9. The Kier molecular flexibility index (Phi) is 7.28. The lowest BCUT2D eigenvalue weighted by Gasteiger charge is -2.35. The van der Waals surface area contributed by atoms with E-state index in [0.717, 1.165) is 5.56 Å². The smallest absolute Gasteiger partial charge is 0.418 e. The van der Waals surface area contributed by atoms with Crippen LogP contribution in [0, 0.1) is 18.3 Å². The highest BCUT2D eigenvalue weighted by molar-refractivity contribution is 5.60. The number of aromatic nitrogens is 4. The average Bonchev–Trinajstić information content (AvgIpc) is 3.11. The fraction of sp³-hybridized carbons (Fsp3) is 0.423. The van der Waals surface area contributed by atoms with Crippen molar-refractivity contribution in [3.63, 3.8) is 0 Å². The van der Waals surface area contributed by atoms with Crippen molar-refractivity contribution in [2.24, 2.45) is 0 Å². The van der Waals surface area contributed by atoms with Gasteiger partial charge in [-0.05, 0) is 31.4 Å². The third-order valence-corrected chi connectivity index (χ3v) is 6.76. The van der Waals surface area contributed by atoms with Gasteiger partial charge < -0.3 is 19.9 Å². The van der Waals surface area contributed by atoms with E-state index in [1.165, 1.54) is 37.8 Å². The number of nitrogens with one attached hydrogen (secondary N) is 1. The van der Waals surface area contributed by atoms with Crippen LogP contribution < -0.4 is 19.9 Å². The standard InChI is InChI=1S/C26H27F3N8O/c1-17-4-2-6-22(23(17)26(27,28)29)36-10-3-5-20-21(15-36)34-25(38-19-12-31-16-32-13-19)35-24(20)37-11-9-33-18(14-37)7-8-30/h2,4,6,12-13,16,18,33H,3,5,7,9-11,14-15H2,1H3. The molecule has 1 N–H and O–H groups in total. The minimum absolute atomic E-state index is 0.0184. The molecule has 0 bridgehead atoms. The van der Waals surface area contributed by atoms with Crippen molar-refractivity contribution in [2.45, 2.75) is 44.9 Å². The summed E-state index contributed by atoms with van der Waals surface area (Å²) in [6.07, 6.45) is 1.48. The van der Waals surface area contributed by atoms with Crippen LogP contribution in [0.5, 0.6) is 11.8 Å². The SMILES string of the molecule is Cc1cccc(N2CCCc3c(nc(Oc4cncnc4)nc3N3CCNC(CC#N)C3)C2)c1C(F)(F)F. The lowest BCUT2D eigenvalue weighted by molar-refractivity contribution is -0.137. The maximum absolute atomic E-state index is 14.1. The fourth-order valence-corrected chi connectivity index (χ4v) is 5.09. The van der Waals surface area contributed by atoms with E-state index in [2.05, 4.69) is 31.2 Å². The molecule has 1 aromatic carbocycles. The van der Waals surface area contributed by atoms with Gasteiger partial charge in [-0.1, -0.05) is 12.1 Å². The van der Waals surface area contributed by atoms with Gasteiger partial charge in [-0.15, -0.1) is 0 Å². The van der Waals surface area contributed by atoms with Crippen LogP contribution in [-0.2, 0) is 19.1 Å². The molecular formula is C26H27F3N8O. The van der Waals surface area contributed by atoms with E-state index in [9.17, 15) is 18.4 Å². The Bertz CT molecular complexity index is 1330. The molecule has 2 aliphatic rings. The van der Waals surface area contributed by atoms with Crippen LogP contribution in [0.15, 0.2) is 36.9 Å². The first-order valence-electron chi connectivity index (χ1n) is 12.4. The van der Waals surface area contributed by atoms with Gasteiger partial charge in [-0.2, -0.15) is 28.4 Å². The van der Waals surface area contributed by atoms with Crippen molar-refractivity contribution in [3.05, 3.63) is 59.3 Å². The predicted octanol–water partition coefficient (Wildman–Crippen LogP) is 4.03. The van der Waals surface area contributed by atoms with Gasteiger partial charge in [-0.25, -0.2) is 9.97 Å². The molecule has 3 aromatic rings. The van der Waals surface area contributed by atoms with Crippen LogP contribution in [0.25, 0.3) is 0 Å². The Labute approximate surface area is 218 Å². The van der Waals surface area contributed by atoms with Gasteiger partial charge in [0.2, 0.25) is 0 Å². The van der Waals surface area contributed by atoms with Crippen LogP contribution in [0.4, 0.5) is 24.7 Å². The summed E-state index contributed by atoms with van der Waals surface area (Å²) in [5.74, 6) is 1.04. The van der Waals surface area contributed by atoms with Gasteiger partial charge in [0.05, 0.1) is 42.7 Å². The molecule has 2 aromatic heterocycles. The Morgan fingerprint density at radius 1 is 1.16 bits per heavy atom. The van der Waals surface area contributed by atoms with Crippen molar-refractivity contribution >= 4 is 11.5 Å². The summed E-state index contributed by atoms with van der Waals surface area (Å²) in [5, 5.41) is 12.5. The van der Waals surface area contributed by atoms with Gasteiger partial charge in [0.15, 0.2) is 5.75 Å². The molecule has 1 atom stereocenters. The number of halogens is 3. The minimum Gasteiger partial charge on any atom is -0.421 e. The zero-order chi connectivity index (χ0) is 26.7. The van der Waals surface area contributed by atoms with Crippen molar-refractivity contribution in [3.8, 4) is 17.8 Å². The van der Waals surface area contributed by atoms with Gasteiger partial charge in [0.1, 0.15) is 12.1 Å². The molecule has 0 amide bonds. The number of hydrogen-bond donors (Lipinski definition) is 1. The Morgan fingerprint density at radius 2 is 1.97 bits per heavy atom. The molecule has 4 heterocycles. The third-order valence-electron chi connectivity index (χ3n) is 6.76. The zero-order valence-corrected chi connectivity index (χ0v) is 20.9. The number of anilines is 2. The number of fused-ring (bicyclic) bond motifs is 1. The second kappa shape index (κ2) is 10.8. The van der Waals surface area contributed by atoms with Crippen LogP contribution >= 0.6 is 0 Å². The molecule has 0 aliphatic carbocycles. The minimum atomic E-state index is -4.48. The van der Waals surface area contributed by atoms with Crippen LogP contribution in [0.1, 0.15) is 35.2 Å². The first kappa shape index (κ1) is 25.7. The summed E-state index contributed by atoms with van der Waals surface area (Å²) in [6.45, 7) is 4.01. The molecule has 0 spiro atoms. The highest BCUT2D eigenvalue weighted by Gasteiger charge is 2.37. The maximum Gasteiger partial charge on any atom is 0.418 e. The summed E-state index contributed by atoms with van der Waals surface area (Å²) >= 11 is 0. The average molecular weight is 525 g/mol. The normalized spacial score (nSPS) is 17.9. The quantitative estimate of drug-likeness (QED) is 0.530. The highest BCUT2D eigenvalue weighted by Crippen LogP contribution is 2.40. The van der Waals surface area contributed by atoms with E-state index >= 15 is 0 Å². The van der Waals surface area contributed by atoms with E-state index in [-0.39, 0.29) is 29.8 Å². The Balaban J connectivity index is 1.56. The van der Waals surface area contributed by atoms with Gasteiger partial charge in [0.25, 0.3) is 0 Å². The molecule has 1 fully saturated rings. The maximum atomic E-state index is 14.1. The molecule has 2 aliphatic heterocycles. The summed E-state index contributed by atoms with van der Waals surface area (Å²) in [5.41, 5.74) is 1.20. The number of nitriles is 1. The topological polar surface area (TPSA) is 103 Å². The van der Waals surface area contributed by atoms with Crippen LogP contribution in [-0.4, -0.2) is 52.2 Å². The van der Waals surface area contributed by atoms with Gasteiger partial charge >= 0.3 is 12.2 Å². The number of aryl methyl sites for hydroxylation is 1. The van der Waals surface area contributed by atoms with E-state index < -0.39 is 11.7 Å². The number of hydrogen-bond acceptors (Lipinski definition) is 9. The number of rotatable bonds is 5. The number of alkyl halides is 3. The lowest BCUT2D eigenvalue weighted by atomic mass is 10.0. The molecule has 12 heteroatoms. The summed E-state index contributed by atoms with van der Waals surface area (Å²) in [6, 6.07) is 6.92. The van der Waals surface area contributed by atoms with Crippen molar-refractivity contribution in [2.75, 3.05) is 36.0 Å². The molecule has 198 valence electrons. The number of ether oxygens (including phenoxy) is 1. The highest BCUT2D eigenvalue weighted by atomic mass is 19.4. The van der Waals surface area contributed by atoms with Crippen LogP contribution in [0.3, 0.4) is 0 Å². The third kappa shape index (κ3) is 5.47. The molecule has 9 nitrogen and oxygen atoms in total. The lowest BCUT2D eigenvalue weighted by Crippen LogP contribution is -2.51. The molecule has 0 radical (unpaired) electrons. The first-order valence-corrected chi connectivity index (χ1v) is 12.4. The van der Waals surface area contributed by atoms with E-state index in [1.54, 1.807) is 11.0 Å². The van der Waals surface area contributed by atoms with E-state index in [4.69, 9.17) is 9.72 Å². The molecule has 5 rings (SSSR count). The van der Waals surface area contributed by atoms with Crippen LogP contribution in [0.2, 0.25) is 0 Å². The molecular weight excluding hydrogens is 497 g/mol. The predicted molar refractivity (Wildman–Crippen MR) is 134 cm³/mol. The number of nitrogens with zero attached hydrogens (tertiary/aromatic N) is 7. The molecule has 1 saturated heterocycles. The second-order valence-electron chi connectivity index (χ2n) is 9.38. The summed E-state index contributed by atoms with van der Waals surface area (Å²) < 4.78 is 48.1. The van der Waals surface area contributed by atoms with Gasteiger partial charge in [0, 0.05) is 43.5 Å². The number of piperazine rings is 1. The number of benzene rings is 1. The Morgan fingerprint density at radius 3 is 2.74 bits per heavy atom. The van der Waals surface area contributed by atoms with Crippen molar-refractivity contribution in [1.82, 2.24) is 25.3 Å². The summed E-state index contributed by atoms with van der Waals surface area (Å²) in [4.78, 5) is 21.2. The Hall–Kier alpha value is -3.98. The first-order chi connectivity index (χ1) is 18.3. The fourth-order valence-electron chi connectivity index (χ4n) is 5.09. The van der Waals surface area contributed by atoms with E-state index in [1.807, 2.05) is 0 Å². The monoisotopic (exact) mass is 524 g/mol. The largest absolute Gasteiger partial charge is 0.421 e. The molecule has 0 saturated carbocycles.